The van der Waals surface area contributed by atoms with Crippen LogP contribution in [0.5, 0.6) is 0 Å². The molecular formula is C13H18O8S. The van der Waals surface area contributed by atoms with Gasteiger partial charge in [-0.1, -0.05) is 0 Å². The maximum Gasteiger partial charge on any atom is 0.330 e. The first-order chi connectivity index (χ1) is 10.0. The molecule has 4 saturated carbocycles. The Kier molecular flexibility index (Phi) is 3.41. The lowest BCUT2D eigenvalue weighted by Crippen LogP contribution is -2.55. The van der Waals surface area contributed by atoms with Crippen LogP contribution in [0.25, 0.3) is 0 Å². The van der Waals surface area contributed by atoms with E-state index in [9.17, 15) is 28.2 Å². The van der Waals surface area contributed by atoms with Crippen molar-refractivity contribution in [1.82, 2.24) is 0 Å². The quantitative estimate of drug-likeness (QED) is 0.354. The van der Waals surface area contributed by atoms with Gasteiger partial charge in [-0.05, 0) is 38.0 Å². The number of aliphatic hydroxyl groups is 2. The van der Waals surface area contributed by atoms with Crippen molar-refractivity contribution >= 4 is 21.9 Å². The Morgan fingerprint density at radius 3 is 2.27 bits per heavy atom. The smallest absolute Gasteiger partial charge is 0.330 e. The van der Waals surface area contributed by atoms with E-state index in [1.54, 1.807) is 0 Å². The summed E-state index contributed by atoms with van der Waals surface area (Å²) in [7, 11) is -5.18. The summed E-state index contributed by atoms with van der Waals surface area (Å²) in [5.74, 6) is -0.578. The fourth-order valence-corrected chi connectivity index (χ4v) is 4.59. The molecule has 4 rings (SSSR count). The summed E-state index contributed by atoms with van der Waals surface area (Å²) < 4.78 is 35.0. The lowest BCUT2D eigenvalue weighted by Gasteiger charge is -2.53. The number of Topliss-reactive ketones (excluding diaryl/α,β-unsaturated/α-hetero) is 1. The zero-order valence-corrected chi connectivity index (χ0v) is 12.6. The summed E-state index contributed by atoms with van der Waals surface area (Å²) in [6.45, 7) is -1.26. The molecule has 8 nitrogen and oxygen atoms in total. The molecule has 0 aliphatic heterocycles. The van der Waals surface area contributed by atoms with E-state index in [0.29, 0.717) is 19.3 Å². The lowest BCUT2D eigenvalue weighted by atomic mass is 9.49. The van der Waals surface area contributed by atoms with Gasteiger partial charge < -0.3 is 14.9 Å². The first kappa shape index (κ1) is 15.9. The monoisotopic (exact) mass is 334 g/mol. The molecule has 3 N–H and O–H groups in total. The van der Waals surface area contributed by atoms with Gasteiger partial charge in [-0.15, -0.1) is 0 Å². The van der Waals surface area contributed by atoms with Crippen LogP contribution in [0, 0.1) is 23.2 Å². The fraction of sp³-hybridized carbons (Fsp3) is 0.846. The Bertz CT molecular complexity index is 604. The molecule has 0 aromatic rings. The third kappa shape index (κ3) is 2.36. The maximum atomic E-state index is 12.3. The molecule has 0 aromatic heterocycles. The van der Waals surface area contributed by atoms with Crippen molar-refractivity contribution in [2.24, 2.45) is 23.2 Å². The second-order valence-electron chi connectivity index (χ2n) is 6.82. The van der Waals surface area contributed by atoms with Crippen molar-refractivity contribution in [2.75, 3.05) is 6.61 Å². The number of ketones is 1. The second-order valence-corrected chi connectivity index (χ2v) is 8.42. The Morgan fingerprint density at radius 1 is 1.23 bits per heavy atom. The van der Waals surface area contributed by atoms with Crippen molar-refractivity contribution in [3.05, 3.63) is 0 Å². The van der Waals surface area contributed by atoms with Crippen molar-refractivity contribution in [3.63, 3.8) is 0 Å². The molecule has 0 heterocycles. The number of ether oxygens (including phenoxy) is 1. The lowest BCUT2D eigenvalue weighted by molar-refractivity contribution is -0.189. The summed E-state index contributed by atoms with van der Waals surface area (Å²) in [6, 6.07) is 0. The van der Waals surface area contributed by atoms with Crippen molar-refractivity contribution in [1.29, 1.82) is 0 Å². The van der Waals surface area contributed by atoms with Gasteiger partial charge in [0.25, 0.3) is 0 Å². The highest BCUT2D eigenvalue weighted by molar-refractivity contribution is 7.86. The molecule has 4 bridgehead atoms. The van der Waals surface area contributed by atoms with Gasteiger partial charge in [0.2, 0.25) is 0 Å². The Labute approximate surface area is 127 Å². The molecule has 9 heteroatoms. The third-order valence-corrected chi connectivity index (χ3v) is 6.18. The van der Waals surface area contributed by atoms with E-state index in [4.69, 9.17) is 9.29 Å². The van der Waals surface area contributed by atoms with E-state index in [2.05, 4.69) is 0 Å². The first-order valence-corrected chi connectivity index (χ1v) is 8.61. The predicted molar refractivity (Wildman–Crippen MR) is 70.7 cm³/mol. The number of carbonyl (C=O) groups is 2. The van der Waals surface area contributed by atoms with E-state index in [1.807, 2.05) is 0 Å². The average molecular weight is 334 g/mol. The highest BCUT2D eigenvalue weighted by Crippen LogP contribution is 2.59. The zero-order valence-electron chi connectivity index (χ0n) is 11.8. The van der Waals surface area contributed by atoms with Gasteiger partial charge >= 0.3 is 21.2 Å². The molecule has 0 spiro atoms. The Hall–Kier alpha value is -1.03. The van der Waals surface area contributed by atoms with Crippen LogP contribution in [0.1, 0.15) is 32.1 Å². The van der Waals surface area contributed by atoms with Gasteiger partial charge in [-0.3, -0.25) is 14.1 Å². The second kappa shape index (κ2) is 4.73. The van der Waals surface area contributed by atoms with Gasteiger partial charge in [0.15, 0.2) is 6.61 Å². The number of hydrogen-bond acceptors (Lipinski definition) is 7. The largest absolute Gasteiger partial charge is 0.458 e. The highest BCUT2D eigenvalue weighted by atomic mass is 32.2. The van der Waals surface area contributed by atoms with E-state index >= 15 is 0 Å². The van der Waals surface area contributed by atoms with Gasteiger partial charge in [-0.25, -0.2) is 0 Å². The van der Waals surface area contributed by atoms with E-state index in [1.165, 1.54) is 0 Å². The standard InChI is InChI=1S/C13H18O8S/c14-10-8-1-7-2-9(10)5-12(3-7,4-8)11(15)21-6-13(16,17)22(18,19)20/h7-9,16-17H,1-6H2,(H,18,19,20). The molecule has 124 valence electrons. The molecule has 2 unspecified atom stereocenters. The average Bonchev–Trinajstić information content (AvgIpc) is 2.39. The van der Waals surface area contributed by atoms with Crippen molar-refractivity contribution < 1.29 is 37.5 Å². The minimum absolute atomic E-state index is 0.159. The normalized spacial score (nSPS) is 37.4. The van der Waals surface area contributed by atoms with Gasteiger partial charge in [0.1, 0.15) is 5.78 Å². The number of esters is 1. The van der Waals surface area contributed by atoms with Crippen LogP contribution in [0.4, 0.5) is 0 Å². The SMILES string of the molecule is O=C1C2CC3CC1CC(C(=O)OCC(O)(O)S(=O)(=O)O)(C3)C2. The molecule has 0 saturated heterocycles. The van der Waals surface area contributed by atoms with Crippen LogP contribution in [0.3, 0.4) is 0 Å². The van der Waals surface area contributed by atoms with Gasteiger partial charge in [0.05, 0.1) is 5.41 Å². The number of hydrogen-bond donors (Lipinski definition) is 3. The topological polar surface area (TPSA) is 138 Å². The summed E-state index contributed by atoms with van der Waals surface area (Å²) in [5, 5.41) is 14.9. The minimum Gasteiger partial charge on any atom is -0.458 e. The van der Waals surface area contributed by atoms with E-state index < -0.39 is 33.2 Å². The summed E-state index contributed by atoms with van der Waals surface area (Å²) in [6.07, 6.45) is 2.86. The molecule has 4 aliphatic rings. The summed E-state index contributed by atoms with van der Waals surface area (Å²) in [4.78, 5) is 24.4. The van der Waals surface area contributed by atoms with Crippen LogP contribution in [0.15, 0.2) is 0 Å². The third-order valence-electron chi connectivity index (χ3n) is 5.23. The minimum atomic E-state index is -5.18. The molecule has 22 heavy (non-hydrogen) atoms. The molecule has 2 atom stereocenters. The van der Waals surface area contributed by atoms with Crippen molar-refractivity contribution in [2.45, 2.75) is 37.2 Å². The van der Waals surface area contributed by atoms with Gasteiger partial charge in [-0.2, -0.15) is 8.42 Å². The molecule has 0 amide bonds. The number of carbonyl (C=O) groups excluding carboxylic acids is 2. The van der Waals surface area contributed by atoms with Crippen LogP contribution < -0.4 is 0 Å². The van der Waals surface area contributed by atoms with Crippen LogP contribution in [-0.2, 0) is 24.4 Å². The van der Waals surface area contributed by atoms with Crippen LogP contribution >= 0.6 is 0 Å². The van der Waals surface area contributed by atoms with Crippen molar-refractivity contribution in [3.8, 4) is 0 Å². The highest BCUT2D eigenvalue weighted by Gasteiger charge is 2.59. The molecular weight excluding hydrogens is 316 g/mol. The van der Waals surface area contributed by atoms with Gasteiger partial charge in [0, 0.05) is 11.8 Å². The number of rotatable bonds is 4. The zero-order chi connectivity index (χ0) is 16.3. The molecule has 0 aromatic carbocycles. The van der Waals surface area contributed by atoms with Crippen LogP contribution in [0.2, 0.25) is 0 Å². The Balaban J connectivity index is 1.72. The maximum absolute atomic E-state index is 12.3. The Morgan fingerprint density at radius 2 is 1.77 bits per heavy atom. The fourth-order valence-electron chi connectivity index (χ4n) is 4.38. The van der Waals surface area contributed by atoms with E-state index in [-0.39, 0.29) is 23.5 Å². The summed E-state index contributed by atoms with van der Waals surface area (Å²) in [5.41, 5.74) is -0.848. The predicted octanol–water partition coefficient (Wildman–Crippen LogP) is -0.549. The van der Waals surface area contributed by atoms with Crippen LogP contribution in [-0.4, -0.2) is 46.7 Å². The molecule has 0 radical (unpaired) electrons. The molecule has 4 aliphatic carbocycles. The van der Waals surface area contributed by atoms with E-state index in [0.717, 1.165) is 12.8 Å². The molecule has 4 fully saturated rings. The summed E-state index contributed by atoms with van der Waals surface area (Å²) >= 11 is 0. The first-order valence-electron chi connectivity index (χ1n) is 7.17.